The fourth-order valence-electron chi connectivity index (χ4n) is 3.40. The maximum atomic E-state index is 12.7. The molecule has 8 heteroatoms. The predicted molar refractivity (Wildman–Crippen MR) is 72.2 cm³/mol. The number of hydrogen-bond acceptors (Lipinski definition) is 3. The molecule has 3 rings (SSSR count). The lowest BCUT2D eigenvalue weighted by molar-refractivity contribution is -0.138. The van der Waals surface area contributed by atoms with Gasteiger partial charge in [0.2, 0.25) is 0 Å². The van der Waals surface area contributed by atoms with Crippen molar-refractivity contribution in [3.63, 3.8) is 0 Å². The number of rotatable bonds is 2. The molecule has 2 saturated carbocycles. The Bertz CT molecular complexity index is 664. The zero-order chi connectivity index (χ0) is 16.1. The van der Waals surface area contributed by atoms with Crippen molar-refractivity contribution in [1.29, 1.82) is 0 Å². The smallest absolute Gasteiger partial charge is 0.349 e. The molecule has 2 unspecified atom stereocenters. The van der Waals surface area contributed by atoms with E-state index in [4.69, 9.17) is 5.73 Å². The fraction of sp³-hybridized carbons (Fsp3) is 0.571. The van der Waals surface area contributed by atoms with Gasteiger partial charge in [0.25, 0.3) is 11.5 Å². The van der Waals surface area contributed by atoms with Crippen molar-refractivity contribution >= 4 is 5.91 Å². The largest absolute Gasteiger partial charge is 0.421 e. The Hall–Kier alpha value is -1.83. The monoisotopic (exact) mass is 315 g/mol. The lowest BCUT2D eigenvalue weighted by Crippen LogP contribution is -2.69. The van der Waals surface area contributed by atoms with Gasteiger partial charge >= 0.3 is 6.18 Å². The van der Waals surface area contributed by atoms with Crippen LogP contribution in [-0.2, 0) is 6.18 Å². The number of pyridine rings is 1. The Morgan fingerprint density at radius 2 is 2.09 bits per heavy atom. The summed E-state index contributed by atoms with van der Waals surface area (Å²) < 4.78 is 38.1. The van der Waals surface area contributed by atoms with E-state index in [-0.39, 0.29) is 23.1 Å². The molecule has 2 fully saturated rings. The first-order valence-corrected chi connectivity index (χ1v) is 7.10. The van der Waals surface area contributed by atoms with Crippen LogP contribution >= 0.6 is 0 Å². The number of alkyl halides is 3. The number of carbonyl (C=O) groups excluding carboxylic acids is 1. The minimum absolute atomic E-state index is 0.0351. The number of nitrogens with two attached hydrogens (primary N) is 1. The number of aromatic amines is 1. The van der Waals surface area contributed by atoms with E-state index in [1.165, 1.54) is 0 Å². The van der Waals surface area contributed by atoms with Crippen LogP contribution in [0.15, 0.2) is 17.1 Å². The van der Waals surface area contributed by atoms with Crippen LogP contribution in [0.4, 0.5) is 13.2 Å². The molecule has 22 heavy (non-hydrogen) atoms. The van der Waals surface area contributed by atoms with Gasteiger partial charge in [-0.05, 0) is 25.3 Å². The molecule has 0 bridgehead atoms. The third-order valence-electron chi connectivity index (χ3n) is 4.98. The van der Waals surface area contributed by atoms with Crippen molar-refractivity contribution in [2.45, 2.75) is 43.9 Å². The molecular weight excluding hydrogens is 299 g/mol. The van der Waals surface area contributed by atoms with Gasteiger partial charge in [-0.2, -0.15) is 13.2 Å². The van der Waals surface area contributed by atoms with E-state index in [1.807, 2.05) is 4.98 Å². The summed E-state index contributed by atoms with van der Waals surface area (Å²) in [4.78, 5) is 25.3. The molecule has 4 N–H and O–H groups in total. The van der Waals surface area contributed by atoms with E-state index in [2.05, 4.69) is 5.32 Å². The van der Waals surface area contributed by atoms with Crippen LogP contribution in [0.3, 0.4) is 0 Å². The maximum Gasteiger partial charge on any atom is 0.421 e. The Balaban J connectivity index is 1.77. The normalized spacial score (nSPS) is 26.2. The first-order chi connectivity index (χ1) is 10.2. The highest BCUT2D eigenvalue weighted by Crippen LogP contribution is 2.55. The van der Waals surface area contributed by atoms with E-state index in [0.29, 0.717) is 12.5 Å². The summed E-state index contributed by atoms with van der Waals surface area (Å²) in [5.74, 6) is -0.620. The SMILES string of the molecule is NC1CC(NC(=O)c2c[nH]c(=O)c(C(F)(F)F)c2)C12CCC2. The number of nitrogens with one attached hydrogen (secondary N) is 2. The molecule has 1 heterocycles. The second kappa shape index (κ2) is 4.84. The number of aromatic nitrogens is 1. The van der Waals surface area contributed by atoms with Crippen molar-refractivity contribution in [3.05, 3.63) is 33.7 Å². The summed E-state index contributed by atoms with van der Waals surface area (Å²) in [6, 6.07) is 0.512. The third-order valence-corrected chi connectivity index (χ3v) is 4.98. The number of amides is 1. The van der Waals surface area contributed by atoms with Crippen LogP contribution in [0.1, 0.15) is 41.6 Å². The molecule has 2 aliphatic carbocycles. The highest BCUT2D eigenvalue weighted by molar-refractivity contribution is 5.94. The van der Waals surface area contributed by atoms with Crippen molar-refractivity contribution in [1.82, 2.24) is 10.3 Å². The molecule has 1 amide bonds. The predicted octanol–water partition coefficient (Wildman–Crippen LogP) is 1.39. The Labute approximate surface area is 124 Å². The Morgan fingerprint density at radius 1 is 1.41 bits per heavy atom. The van der Waals surface area contributed by atoms with E-state index in [0.717, 1.165) is 25.5 Å². The fourth-order valence-corrected chi connectivity index (χ4v) is 3.40. The van der Waals surface area contributed by atoms with Gasteiger partial charge in [-0.25, -0.2) is 0 Å². The maximum absolute atomic E-state index is 12.7. The van der Waals surface area contributed by atoms with Gasteiger partial charge in [0.1, 0.15) is 5.56 Å². The molecule has 0 aliphatic heterocycles. The molecule has 120 valence electrons. The molecule has 0 radical (unpaired) electrons. The molecular formula is C14H16F3N3O2. The second-order valence-corrected chi connectivity index (χ2v) is 6.08. The quantitative estimate of drug-likeness (QED) is 0.771. The van der Waals surface area contributed by atoms with Crippen LogP contribution in [0.2, 0.25) is 0 Å². The second-order valence-electron chi connectivity index (χ2n) is 6.08. The first-order valence-electron chi connectivity index (χ1n) is 7.10. The molecule has 5 nitrogen and oxygen atoms in total. The van der Waals surface area contributed by atoms with Gasteiger partial charge in [0.15, 0.2) is 0 Å². The van der Waals surface area contributed by atoms with Gasteiger partial charge in [0, 0.05) is 23.7 Å². The van der Waals surface area contributed by atoms with Crippen LogP contribution in [-0.4, -0.2) is 23.0 Å². The van der Waals surface area contributed by atoms with E-state index in [9.17, 15) is 22.8 Å². The average Bonchev–Trinajstić information content (AvgIpc) is 2.34. The molecule has 1 aromatic heterocycles. The van der Waals surface area contributed by atoms with Crippen molar-refractivity contribution in [3.8, 4) is 0 Å². The third kappa shape index (κ3) is 2.22. The first kappa shape index (κ1) is 15.1. The van der Waals surface area contributed by atoms with Crippen LogP contribution in [0, 0.1) is 5.41 Å². The van der Waals surface area contributed by atoms with Gasteiger partial charge in [-0.3, -0.25) is 9.59 Å². The minimum Gasteiger partial charge on any atom is -0.349 e. The summed E-state index contributed by atoms with van der Waals surface area (Å²) in [7, 11) is 0. The van der Waals surface area contributed by atoms with Gasteiger partial charge < -0.3 is 16.0 Å². The molecule has 2 atom stereocenters. The van der Waals surface area contributed by atoms with Crippen molar-refractivity contribution in [2.75, 3.05) is 0 Å². The molecule has 1 aromatic rings. The molecule has 2 aliphatic rings. The summed E-state index contributed by atoms with van der Waals surface area (Å²) in [5, 5.41) is 2.75. The Morgan fingerprint density at radius 3 is 2.59 bits per heavy atom. The summed E-state index contributed by atoms with van der Waals surface area (Å²) in [5.41, 5.74) is 3.05. The molecule has 1 spiro atoms. The van der Waals surface area contributed by atoms with Crippen LogP contribution < -0.4 is 16.6 Å². The summed E-state index contributed by atoms with van der Waals surface area (Å²) >= 11 is 0. The van der Waals surface area contributed by atoms with E-state index >= 15 is 0 Å². The lowest BCUT2D eigenvalue weighted by atomic mass is 9.50. The minimum atomic E-state index is -4.79. The van der Waals surface area contributed by atoms with E-state index in [1.54, 1.807) is 0 Å². The molecule has 0 aromatic carbocycles. The number of hydrogen-bond donors (Lipinski definition) is 3. The summed E-state index contributed by atoms with van der Waals surface area (Å²) in [6.45, 7) is 0. The van der Waals surface area contributed by atoms with Crippen LogP contribution in [0.25, 0.3) is 0 Å². The van der Waals surface area contributed by atoms with E-state index < -0.39 is 23.2 Å². The topological polar surface area (TPSA) is 88.0 Å². The van der Waals surface area contributed by atoms with Crippen molar-refractivity contribution in [2.24, 2.45) is 11.1 Å². The summed E-state index contributed by atoms with van der Waals surface area (Å²) in [6.07, 6.45) is -0.258. The zero-order valence-electron chi connectivity index (χ0n) is 11.7. The average molecular weight is 315 g/mol. The van der Waals surface area contributed by atoms with Gasteiger partial charge in [-0.15, -0.1) is 0 Å². The van der Waals surface area contributed by atoms with Gasteiger partial charge in [-0.1, -0.05) is 6.42 Å². The highest BCUT2D eigenvalue weighted by Gasteiger charge is 2.57. The number of halogens is 3. The van der Waals surface area contributed by atoms with Gasteiger partial charge in [0.05, 0.1) is 5.56 Å². The molecule has 0 saturated heterocycles. The standard InChI is InChI=1S/C14H16F3N3O2/c15-14(16,17)8-4-7(6-19-12(8)22)11(21)20-10-5-9(18)13(10)2-1-3-13/h4,6,9-10H,1-3,5,18H2,(H,19,22)(H,20,21). The Kier molecular flexibility index (Phi) is 3.32. The van der Waals surface area contributed by atoms with Crippen LogP contribution in [0.5, 0.6) is 0 Å². The highest BCUT2D eigenvalue weighted by atomic mass is 19.4. The number of carbonyl (C=O) groups is 1. The zero-order valence-corrected chi connectivity index (χ0v) is 11.7. The van der Waals surface area contributed by atoms with Crippen molar-refractivity contribution < 1.29 is 18.0 Å². The number of H-pyrrole nitrogens is 1. The lowest BCUT2D eigenvalue weighted by Gasteiger charge is -2.60.